The van der Waals surface area contributed by atoms with Gasteiger partial charge in [-0.2, -0.15) is 0 Å². The fraction of sp³-hybridized carbons (Fsp3) is 0.519. The van der Waals surface area contributed by atoms with Crippen molar-refractivity contribution in [2.45, 2.75) is 57.5 Å². The van der Waals surface area contributed by atoms with Crippen LogP contribution >= 0.6 is 0 Å². The van der Waals surface area contributed by atoms with Crippen LogP contribution in [0.1, 0.15) is 51.2 Å². The van der Waals surface area contributed by atoms with E-state index in [9.17, 15) is 9.18 Å². The molecule has 2 aromatic rings. The summed E-state index contributed by atoms with van der Waals surface area (Å²) in [5, 5.41) is 0. The van der Waals surface area contributed by atoms with Gasteiger partial charge in [-0.1, -0.05) is 24.3 Å². The number of hydrogen-bond donors (Lipinski definition) is 0. The highest BCUT2D eigenvalue weighted by Crippen LogP contribution is 2.46. The van der Waals surface area contributed by atoms with Crippen molar-refractivity contribution in [3.05, 3.63) is 59.4 Å². The minimum atomic E-state index is -0.436. The number of esters is 1. The van der Waals surface area contributed by atoms with Gasteiger partial charge in [0.1, 0.15) is 22.9 Å². The molecule has 0 aromatic heterocycles. The van der Waals surface area contributed by atoms with Crippen molar-refractivity contribution < 1.29 is 23.4 Å². The number of fused-ring (bicyclic) bond motifs is 2. The molecule has 0 radical (unpaired) electrons. The van der Waals surface area contributed by atoms with E-state index in [0.717, 1.165) is 44.0 Å². The summed E-state index contributed by atoms with van der Waals surface area (Å²) in [5.41, 5.74) is 1.50. The first kappa shape index (κ1) is 23.6. The number of rotatable bonds is 7. The van der Waals surface area contributed by atoms with Gasteiger partial charge in [-0.25, -0.2) is 4.39 Å². The largest absolute Gasteiger partial charge is 0.493 e. The van der Waals surface area contributed by atoms with E-state index in [-0.39, 0.29) is 17.2 Å². The van der Waals surface area contributed by atoms with Gasteiger partial charge in [0.25, 0.3) is 0 Å². The lowest BCUT2D eigenvalue weighted by molar-refractivity contribution is -0.155. The first-order valence-electron chi connectivity index (χ1n) is 11.8. The Kier molecular flexibility index (Phi) is 6.94. The van der Waals surface area contributed by atoms with Crippen molar-refractivity contribution in [3.8, 4) is 11.5 Å². The van der Waals surface area contributed by atoms with Gasteiger partial charge < -0.3 is 19.1 Å². The molecule has 2 aliphatic rings. The Morgan fingerprint density at radius 2 is 1.91 bits per heavy atom. The van der Waals surface area contributed by atoms with Crippen molar-refractivity contribution >= 4 is 5.97 Å². The normalized spacial score (nSPS) is 17.5. The summed E-state index contributed by atoms with van der Waals surface area (Å²) in [6, 6.07) is 12.9. The molecule has 0 atom stereocenters. The summed E-state index contributed by atoms with van der Waals surface area (Å²) < 4.78 is 31.1. The van der Waals surface area contributed by atoms with Gasteiger partial charge >= 0.3 is 5.97 Å². The van der Waals surface area contributed by atoms with Gasteiger partial charge in [0.15, 0.2) is 0 Å². The molecule has 1 fully saturated rings. The second-order valence-corrected chi connectivity index (χ2v) is 10.1. The zero-order chi connectivity index (χ0) is 23.5. The van der Waals surface area contributed by atoms with Crippen LogP contribution in [0.15, 0.2) is 42.5 Å². The predicted molar refractivity (Wildman–Crippen MR) is 125 cm³/mol. The molecule has 0 N–H and O–H groups in total. The van der Waals surface area contributed by atoms with Crippen LogP contribution in [0.2, 0.25) is 0 Å². The van der Waals surface area contributed by atoms with Crippen LogP contribution < -0.4 is 9.47 Å². The van der Waals surface area contributed by atoms with Crippen LogP contribution in [0.4, 0.5) is 4.39 Å². The molecule has 0 bridgehead atoms. The number of nitrogens with zero attached hydrogens (tertiary/aromatic N) is 1. The number of piperidine rings is 1. The third kappa shape index (κ3) is 5.85. The van der Waals surface area contributed by atoms with E-state index >= 15 is 0 Å². The first-order valence-corrected chi connectivity index (χ1v) is 11.8. The Morgan fingerprint density at radius 3 is 2.64 bits per heavy atom. The average molecular weight is 456 g/mol. The van der Waals surface area contributed by atoms with E-state index in [1.54, 1.807) is 12.1 Å². The van der Waals surface area contributed by atoms with Gasteiger partial charge in [-0.15, -0.1) is 0 Å². The highest BCUT2D eigenvalue weighted by Gasteiger charge is 2.43. The van der Waals surface area contributed by atoms with E-state index in [0.29, 0.717) is 31.6 Å². The van der Waals surface area contributed by atoms with Crippen molar-refractivity contribution in [1.29, 1.82) is 0 Å². The predicted octanol–water partition coefficient (Wildman–Crippen LogP) is 4.91. The highest BCUT2D eigenvalue weighted by molar-refractivity contribution is 5.70. The van der Waals surface area contributed by atoms with Gasteiger partial charge in [0, 0.05) is 30.0 Å². The summed E-state index contributed by atoms with van der Waals surface area (Å²) in [7, 11) is 0. The Morgan fingerprint density at radius 1 is 1.15 bits per heavy atom. The lowest BCUT2D eigenvalue weighted by atomic mass is 9.74. The van der Waals surface area contributed by atoms with E-state index < -0.39 is 5.60 Å². The zero-order valence-electron chi connectivity index (χ0n) is 19.9. The second kappa shape index (κ2) is 9.72. The molecule has 2 aromatic carbocycles. The maximum atomic E-state index is 13.8. The molecule has 33 heavy (non-hydrogen) atoms. The van der Waals surface area contributed by atoms with Gasteiger partial charge in [0.2, 0.25) is 0 Å². The molecule has 1 saturated heterocycles. The van der Waals surface area contributed by atoms with Crippen molar-refractivity contribution in [1.82, 2.24) is 4.90 Å². The molecule has 0 saturated carbocycles. The summed E-state index contributed by atoms with van der Waals surface area (Å²) in [5.74, 6) is 1.30. The SMILES string of the molecule is CC(C)(C)OC(=O)CCN1CCC2(CC1)COc1cc(OCCc3ccccc3F)ccc12. The first-order chi connectivity index (χ1) is 15.7. The van der Waals surface area contributed by atoms with Crippen LogP contribution in [0.5, 0.6) is 11.5 Å². The Balaban J connectivity index is 1.28. The van der Waals surface area contributed by atoms with E-state index in [2.05, 4.69) is 11.0 Å². The minimum absolute atomic E-state index is 0.0312. The van der Waals surface area contributed by atoms with Crippen molar-refractivity contribution in [2.75, 3.05) is 32.8 Å². The number of likely N-dealkylation sites (tertiary alicyclic amines) is 1. The van der Waals surface area contributed by atoms with Crippen LogP contribution in [0.25, 0.3) is 0 Å². The molecule has 6 heteroatoms. The van der Waals surface area contributed by atoms with Gasteiger partial charge in [-0.3, -0.25) is 4.79 Å². The summed E-state index contributed by atoms with van der Waals surface area (Å²) in [6.07, 6.45) is 2.95. The maximum absolute atomic E-state index is 13.8. The molecule has 0 unspecified atom stereocenters. The fourth-order valence-corrected chi connectivity index (χ4v) is 4.68. The number of hydrogen-bond acceptors (Lipinski definition) is 5. The average Bonchev–Trinajstić information content (AvgIpc) is 3.11. The van der Waals surface area contributed by atoms with Crippen LogP contribution in [-0.4, -0.2) is 49.3 Å². The third-order valence-corrected chi connectivity index (χ3v) is 6.49. The maximum Gasteiger partial charge on any atom is 0.307 e. The summed E-state index contributed by atoms with van der Waals surface area (Å²) in [6.45, 7) is 9.39. The van der Waals surface area contributed by atoms with Crippen molar-refractivity contribution in [3.63, 3.8) is 0 Å². The third-order valence-electron chi connectivity index (χ3n) is 6.49. The number of ether oxygens (including phenoxy) is 3. The Labute approximate surface area is 195 Å². The Bertz CT molecular complexity index is 976. The molecular formula is C27H34FNO4. The molecule has 178 valence electrons. The number of benzene rings is 2. The van der Waals surface area contributed by atoms with E-state index in [1.165, 1.54) is 11.6 Å². The zero-order valence-corrected chi connectivity index (χ0v) is 19.9. The molecule has 2 aliphatic heterocycles. The fourth-order valence-electron chi connectivity index (χ4n) is 4.68. The van der Waals surface area contributed by atoms with E-state index in [1.807, 2.05) is 39.0 Å². The molecule has 2 heterocycles. The number of carbonyl (C=O) groups is 1. The smallest absolute Gasteiger partial charge is 0.307 e. The lowest BCUT2D eigenvalue weighted by Gasteiger charge is -2.38. The number of halogens is 1. The summed E-state index contributed by atoms with van der Waals surface area (Å²) >= 11 is 0. The number of carbonyl (C=O) groups excluding carboxylic acids is 1. The standard InChI is InChI=1S/C27H34FNO4/c1-26(2,3)33-25(30)10-14-29-15-12-27(13-16-29)19-32-24-18-21(8-9-22(24)27)31-17-11-20-6-4-5-7-23(20)28/h4-9,18H,10-17,19H2,1-3H3. The molecular weight excluding hydrogens is 421 g/mol. The Hall–Kier alpha value is -2.60. The molecule has 4 rings (SSSR count). The van der Waals surface area contributed by atoms with Crippen LogP contribution in [0, 0.1) is 5.82 Å². The lowest BCUT2D eigenvalue weighted by Crippen LogP contribution is -2.44. The monoisotopic (exact) mass is 455 g/mol. The van der Waals surface area contributed by atoms with Gasteiger partial charge in [0.05, 0.1) is 19.6 Å². The van der Waals surface area contributed by atoms with Crippen LogP contribution in [0.3, 0.4) is 0 Å². The van der Waals surface area contributed by atoms with Gasteiger partial charge in [-0.05, 0) is 64.4 Å². The van der Waals surface area contributed by atoms with Crippen LogP contribution in [-0.2, 0) is 21.4 Å². The molecule has 5 nitrogen and oxygen atoms in total. The highest BCUT2D eigenvalue weighted by atomic mass is 19.1. The molecule has 0 aliphatic carbocycles. The minimum Gasteiger partial charge on any atom is -0.493 e. The van der Waals surface area contributed by atoms with Crippen molar-refractivity contribution in [2.24, 2.45) is 0 Å². The topological polar surface area (TPSA) is 48.0 Å². The van der Waals surface area contributed by atoms with E-state index in [4.69, 9.17) is 14.2 Å². The molecule has 0 amide bonds. The second-order valence-electron chi connectivity index (χ2n) is 10.1. The summed E-state index contributed by atoms with van der Waals surface area (Å²) in [4.78, 5) is 14.4. The molecule has 1 spiro atoms. The quantitative estimate of drug-likeness (QED) is 0.556.